The number of rotatable bonds is 8. The van der Waals surface area contributed by atoms with Crippen LogP contribution in [-0.4, -0.2) is 48.2 Å². The number of nitrogens with zero attached hydrogens (tertiary/aromatic N) is 1. The summed E-state index contributed by atoms with van der Waals surface area (Å²) >= 11 is 0. The van der Waals surface area contributed by atoms with E-state index in [2.05, 4.69) is 0 Å². The average Bonchev–Trinajstić information content (AvgIpc) is 3.55. The number of hydrogen-bond acceptors (Lipinski definition) is 6. The maximum Gasteiger partial charge on any atom is 0.330 e. The van der Waals surface area contributed by atoms with E-state index in [1.165, 1.54) is 7.11 Å². The quantitative estimate of drug-likeness (QED) is 0.261. The zero-order chi connectivity index (χ0) is 23.8. The molecule has 0 spiro atoms. The van der Waals surface area contributed by atoms with Crippen molar-refractivity contribution < 1.29 is 28.7 Å². The molecule has 0 unspecified atom stereocenters. The molecule has 7 heteroatoms. The summed E-state index contributed by atoms with van der Waals surface area (Å²) in [4.78, 5) is 53.5. The van der Waals surface area contributed by atoms with E-state index >= 15 is 0 Å². The van der Waals surface area contributed by atoms with Crippen LogP contribution < -0.4 is 4.74 Å². The molecule has 1 saturated carbocycles. The summed E-state index contributed by atoms with van der Waals surface area (Å²) in [6.07, 6.45) is 4.97. The van der Waals surface area contributed by atoms with Crippen LogP contribution in [0.2, 0.25) is 0 Å². The number of fused-ring (bicyclic) bond motifs is 5. The monoisotopic (exact) mass is 459 g/mol. The summed E-state index contributed by atoms with van der Waals surface area (Å²) in [5.41, 5.74) is 1.17. The second-order valence-corrected chi connectivity index (χ2v) is 9.01. The van der Waals surface area contributed by atoms with E-state index in [4.69, 9.17) is 9.47 Å². The van der Waals surface area contributed by atoms with E-state index in [0.29, 0.717) is 11.3 Å². The molecule has 3 aliphatic rings. The predicted octanol–water partition coefficient (Wildman–Crippen LogP) is 2.84. The van der Waals surface area contributed by atoms with Crippen LogP contribution in [0.25, 0.3) is 0 Å². The fraction of sp³-hybridized carbons (Fsp3) is 0.333. The Kier molecular flexibility index (Phi) is 5.77. The Morgan fingerprint density at radius 3 is 2.15 bits per heavy atom. The van der Waals surface area contributed by atoms with E-state index in [1.807, 2.05) is 42.5 Å². The smallest absolute Gasteiger partial charge is 0.330 e. The van der Waals surface area contributed by atoms with E-state index < -0.39 is 30.5 Å². The van der Waals surface area contributed by atoms with Crippen LogP contribution in [-0.2, 0) is 25.5 Å². The van der Waals surface area contributed by atoms with Crippen molar-refractivity contribution in [2.45, 2.75) is 18.9 Å². The summed E-state index contributed by atoms with van der Waals surface area (Å²) in [6, 6.07) is 14.5. The first kappa shape index (κ1) is 22.1. The number of allylic oxidation sites excluding steroid dienone is 2. The number of ketones is 1. The molecular weight excluding hydrogens is 434 g/mol. The second-order valence-electron chi connectivity index (χ2n) is 9.01. The molecule has 0 N–H and O–H groups in total. The number of amides is 2. The molecule has 7 nitrogen and oxygen atoms in total. The molecule has 1 aliphatic heterocycles. The molecule has 2 aliphatic carbocycles. The first-order chi connectivity index (χ1) is 16.5. The first-order valence-corrected chi connectivity index (χ1v) is 11.4. The van der Waals surface area contributed by atoms with E-state index in [-0.39, 0.29) is 35.9 Å². The lowest BCUT2D eigenvalue weighted by atomic mass is 9.85. The van der Waals surface area contributed by atoms with Crippen LogP contribution in [0, 0.1) is 23.7 Å². The van der Waals surface area contributed by atoms with Gasteiger partial charge in [-0.2, -0.15) is 0 Å². The molecule has 2 aromatic rings. The molecule has 174 valence electrons. The third-order valence-corrected chi connectivity index (χ3v) is 7.12. The SMILES string of the molecule is COc1ccc(C(=O)COC(=O)[C@@H](Cc2ccccc2)N2C(=O)[C@@H]3[C@H](C2=O)[C@H]2C=C[C@H]3C2)cc1. The lowest BCUT2D eigenvalue weighted by Crippen LogP contribution is -2.48. The molecule has 2 bridgehead atoms. The highest BCUT2D eigenvalue weighted by molar-refractivity contribution is 6.09. The van der Waals surface area contributed by atoms with Gasteiger partial charge in [-0.15, -0.1) is 0 Å². The molecule has 2 fully saturated rings. The largest absolute Gasteiger partial charge is 0.497 e. The summed E-state index contributed by atoms with van der Waals surface area (Å²) in [7, 11) is 1.53. The Morgan fingerprint density at radius 2 is 1.56 bits per heavy atom. The maximum atomic E-state index is 13.3. The van der Waals surface area contributed by atoms with Gasteiger partial charge in [0.15, 0.2) is 12.4 Å². The third kappa shape index (κ3) is 3.81. The van der Waals surface area contributed by atoms with Crippen molar-refractivity contribution in [3.8, 4) is 5.75 Å². The number of hydrogen-bond donors (Lipinski definition) is 0. The summed E-state index contributed by atoms with van der Waals surface area (Å²) in [5.74, 6) is -1.89. The second kappa shape index (κ2) is 8.89. The van der Waals surface area contributed by atoms with Crippen molar-refractivity contribution in [3.63, 3.8) is 0 Å². The van der Waals surface area contributed by atoms with Crippen LogP contribution >= 0.6 is 0 Å². The van der Waals surface area contributed by atoms with Crippen molar-refractivity contribution in [2.24, 2.45) is 23.7 Å². The highest BCUT2D eigenvalue weighted by atomic mass is 16.5. The number of likely N-dealkylation sites (tertiary alicyclic amines) is 1. The fourth-order valence-electron chi connectivity index (χ4n) is 5.44. The minimum absolute atomic E-state index is 0.0431. The molecular formula is C27H25NO6. The lowest BCUT2D eigenvalue weighted by molar-refractivity contribution is -0.158. The number of carbonyl (C=O) groups is 4. The summed E-state index contributed by atoms with van der Waals surface area (Å²) in [5, 5.41) is 0. The van der Waals surface area contributed by atoms with Gasteiger partial charge in [0.2, 0.25) is 11.8 Å². The van der Waals surface area contributed by atoms with Gasteiger partial charge < -0.3 is 9.47 Å². The van der Waals surface area contributed by atoms with Crippen LogP contribution in [0.1, 0.15) is 22.3 Å². The summed E-state index contributed by atoms with van der Waals surface area (Å²) < 4.78 is 10.5. The molecule has 5 rings (SSSR count). The fourth-order valence-corrected chi connectivity index (χ4v) is 5.44. The molecule has 0 aromatic heterocycles. The molecule has 2 aromatic carbocycles. The van der Waals surface area contributed by atoms with Gasteiger partial charge in [-0.25, -0.2) is 4.79 Å². The van der Waals surface area contributed by atoms with Crippen molar-refractivity contribution >= 4 is 23.6 Å². The topological polar surface area (TPSA) is 90.0 Å². The standard InChI is InChI=1S/C27H25NO6/c1-33-20-11-9-17(10-12-20)22(29)15-34-27(32)21(13-16-5-3-2-4-6-16)28-25(30)23-18-7-8-19(14-18)24(23)26(28)31/h2-12,18-19,21,23-24H,13-15H2,1H3/t18-,19-,21+,23-,24+/m0/s1. The van der Waals surface area contributed by atoms with Gasteiger partial charge in [0.05, 0.1) is 18.9 Å². The number of benzene rings is 2. The average molecular weight is 459 g/mol. The van der Waals surface area contributed by atoms with E-state index in [9.17, 15) is 19.2 Å². The highest BCUT2D eigenvalue weighted by Crippen LogP contribution is 2.53. The number of methoxy groups -OCH3 is 1. The Labute approximate surface area is 197 Å². The first-order valence-electron chi connectivity index (χ1n) is 11.4. The van der Waals surface area contributed by atoms with Gasteiger partial charge in [-0.05, 0) is 48.1 Å². The predicted molar refractivity (Wildman–Crippen MR) is 122 cm³/mol. The third-order valence-electron chi connectivity index (χ3n) is 7.12. The van der Waals surface area contributed by atoms with Gasteiger partial charge >= 0.3 is 5.97 Å². The Morgan fingerprint density at radius 1 is 0.941 bits per heavy atom. The number of imide groups is 1. The summed E-state index contributed by atoms with van der Waals surface area (Å²) in [6.45, 7) is -0.480. The highest BCUT2D eigenvalue weighted by Gasteiger charge is 2.61. The molecule has 2 amide bonds. The Hall–Kier alpha value is -3.74. The number of Topliss-reactive ketones (excluding diaryl/α,β-unsaturated/α-hetero) is 1. The van der Waals surface area contributed by atoms with Crippen molar-refractivity contribution in [2.75, 3.05) is 13.7 Å². The van der Waals surface area contributed by atoms with Crippen molar-refractivity contribution in [1.29, 1.82) is 0 Å². The van der Waals surface area contributed by atoms with Crippen LogP contribution in [0.3, 0.4) is 0 Å². The van der Waals surface area contributed by atoms with Crippen LogP contribution in [0.15, 0.2) is 66.7 Å². The van der Waals surface area contributed by atoms with Gasteiger partial charge in [0, 0.05) is 12.0 Å². The molecule has 1 heterocycles. The molecule has 34 heavy (non-hydrogen) atoms. The van der Waals surface area contributed by atoms with Crippen molar-refractivity contribution in [1.82, 2.24) is 4.90 Å². The lowest BCUT2D eigenvalue weighted by Gasteiger charge is -2.26. The number of ether oxygens (including phenoxy) is 2. The minimum atomic E-state index is -1.11. The Bertz CT molecular complexity index is 1130. The van der Waals surface area contributed by atoms with E-state index in [1.54, 1.807) is 24.3 Å². The number of esters is 1. The normalized spacial score (nSPS) is 25.4. The maximum absolute atomic E-state index is 13.3. The van der Waals surface area contributed by atoms with Gasteiger partial charge in [0.25, 0.3) is 0 Å². The zero-order valence-electron chi connectivity index (χ0n) is 18.8. The van der Waals surface area contributed by atoms with Crippen molar-refractivity contribution in [3.05, 3.63) is 77.9 Å². The molecule has 1 saturated heterocycles. The van der Waals surface area contributed by atoms with E-state index in [0.717, 1.165) is 16.9 Å². The van der Waals surface area contributed by atoms with Gasteiger partial charge in [0.1, 0.15) is 11.8 Å². The molecule has 5 atom stereocenters. The number of carbonyl (C=O) groups excluding carboxylic acids is 4. The van der Waals surface area contributed by atoms with Gasteiger partial charge in [-0.3, -0.25) is 19.3 Å². The zero-order valence-corrected chi connectivity index (χ0v) is 18.8. The minimum Gasteiger partial charge on any atom is -0.497 e. The van der Waals surface area contributed by atoms with Crippen LogP contribution in [0.4, 0.5) is 0 Å². The van der Waals surface area contributed by atoms with Crippen LogP contribution in [0.5, 0.6) is 5.75 Å². The van der Waals surface area contributed by atoms with Gasteiger partial charge in [-0.1, -0.05) is 42.5 Å². The molecule has 0 radical (unpaired) electrons. The Balaban J connectivity index is 1.34.